The molecule has 1 heterocycles. The molecular weight excluding hydrogens is 175 g/mol. The molecule has 0 unspecified atom stereocenters. The first-order valence-corrected chi connectivity index (χ1v) is 2.90. The SMILES string of the molecule is CN1CC[CH-]CC1.[Y]. The fourth-order valence-corrected chi connectivity index (χ4v) is 0.879. The average molecular weight is 187 g/mol. The van der Waals surface area contributed by atoms with E-state index in [1.807, 2.05) is 0 Å². The summed E-state index contributed by atoms with van der Waals surface area (Å²) in [7, 11) is 2.17. The van der Waals surface area contributed by atoms with Gasteiger partial charge in [-0.25, -0.2) is 0 Å². The molecule has 1 radical (unpaired) electrons. The van der Waals surface area contributed by atoms with Crippen LogP contribution in [0.4, 0.5) is 0 Å². The number of hydrogen-bond acceptors (Lipinski definition) is 1. The third-order valence-corrected chi connectivity index (χ3v) is 1.43. The van der Waals surface area contributed by atoms with E-state index in [1.165, 1.54) is 25.9 Å². The first-order chi connectivity index (χ1) is 3.39. The van der Waals surface area contributed by atoms with E-state index < -0.39 is 0 Å². The molecule has 1 rings (SSSR count). The first-order valence-electron chi connectivity index (χ1n) is 2.90. The maximum absolute atomic E-state index is 2.36. The summed E-state index contributed by atoms with van der Waals surface area (Å²) in [5.41, 5.74) is 0. The second-order valence-corrected chi connectivity index (χ2v) is 2.17. The van der Waals surface area contributed by atoms with Crippen LogP contribution in [-0.4, -0.2) is 25.0 Å². The van der Waals surface area contributed by atoms with E-state index in [2.05, 4.69) is 18.4 Å². The van der Waals surface area contributed by atoms with Crippen molar-refractivity contribution < 1.29 is 32.7 Å². The van der Waals surface area contributed by atoms with Crippen LogP contribution in [0.15, 0.2) is 0 Å². The molecule has 0 amide bonds. The summed E-state index contributed by atoms with van der Waals surface area (Å²) >= 11 is 0. The van der Waals surface area contributed by atoms with Gasteiger partial charge in [-0.1, -0.05) is 0 Å². The molecule has 0 aromatic carbocycles. The van der Waals surface area contributed by atoms with Crippen LogP contribution in [0.2, 0.25) is 0 Å². The maximum Gasteiger partial charge on any atom is 0 e. The van der Waals surface area contributed by atoms with Gasteiger partial charge in [0.1, 0.15) is 0 Å². The Balaban J connectivity index is 0.000000490. The van der Waals surface area contributed by atoms with Crippen LogP contribution in [0, 0.1) is 6.42 Å². The van der Waals surface area contributed by atoms with Gasteiger partial charge in [-0.15, -0.1) is 0 Å². The Hall–Kier alpha value is 1.06. The molecule has 0 aliphatic carbocycles. The van der Waals surface area contributed by atoms with E-state index >= 15 is 0 Å². The van der Waals surface area contributed by atoms with Gasteiger partial charge >= 0.3 is 0 Å². The van der Waals surface area contributed by atoms with E-state index in [1.54, 1.807) is 0 Å². The van der Waals surface area contributed by atoms with E-state index in [4.69, 9.17) is 0 Å². The minimum absolute atomic E-state index is 0. The van der Waals surface area contributed by atoms with Gasteiger partial charge in [0.05, 0.1) is 0 Å². The molecule has 0 bridgehead atoms. The van der Waals surface area contributed by atoms with E-state index in [9.17, 15) is 0 Å². The van der Waals surface area contributed by atoms with Crippen molar-refractivity contribution >= 4 is 0 Å². The van der Waals surface area contributed by atoms with Crippen molar-refractivity contribution in [2.75, 3.05) is 20.1 Å². The Morgan fingerprint density at radius 2 is 1.75 bits per heavy atom. The molecule has 45 valence electrons. The molecule has 0 aromatic rings. The standard InChI is InChI=1S/C6H12N.Y/c1-7-5-3-2-4-6-7;/h2H,3-6H2,1H3;/q-1;. The third kappa shape index (κ3) is 3.16. The zero-order chi connectivity index (χ0) is 5.11. The average Bonchev–Trinajstić information content (AvgIpc) is 1.69. The van der Waals surface area contributed by atoms with Gasteiger partial charge in [-0.05, 0) is 20.1 Å². The monoisotopic (exact) mass is 187 g/mol. The molecule has 0 atom stereocenters. The van der Waals surface area contributed by atoms with Crippen molar-refractivity contribution in [1.29, 1.82) is 0 Å². The van der Waals surface area contributed by atoms with E-state index in [-0.39, 0.29) is 32.7 Å². The van der Waals surface area contributed by atoms with Gasteiger partial charge in [0.15, 0.2) is 0 Å². The maximum atomic E-state index is 2.36. The summed E-state index contributed by atoms with van der Waals surface area (Å²) < 4.78 is 0. The Labute approximate surface area is 76.7 Å². The van der Waals surface area contributed by atoms with Crippen molar-refractivity contribution in [3.8, 4) is 0 Å². The van der Waals surface area contributed by atoms with Gasteiger partial charge in [-0.3, -0.25) is 0 Å². The molecular formula is C6H12NY-. The van der Waals surface area contributed by atoms with Crippen LogP contribution >= 0.6 is 0 Å². The molecule has 0 saturated carbocycles. The van der Waals surface area contributed by atoms with Gasteiger partial charge in [0.25, 0.3) is 0 Å². The molecule has 2 heteroatoms. The number of piperidine rings is 1. The number of rotatable bonds is 0. The Bertz CT molecular complexity index is 50.5. The Kier molecular flexibility index (Phi) is 5.55. The minimum atomic E-state index is 0. The number of nitrogens with zero attached hydrogens (tertiary/aromatic N) is 1. The van der Waals surface area contributed by atoms with Crippen molar-refractivity contribution in [3.63, 3.8) is 0 Å². The summed E-state index contributed by atoms with van der Waals surface area (Å²) in [5.74, 6) is 0. The topological polar surface area (TPSA) is 3.24 Å². The summed E-state index contributed by atoms with van der Waals surface area (Å²) in [6, 6.07) is 0. The molecule has 1 saturated heterocycles. The van der Waals surface area contributed by atoms with Crippen molar-refractivity contribution in [1.82, 2.24) is 4.90 Å². The van der Waals surface area contributed by atoms with Crippen LogP contribution in [0.3, 0.4) is 0 Å². The zero-order valence-electron chi connectivity index (χ0n) is 5.43. The van der Waals surface area contributed by atoms with Gasteiger partial charge in [0, 0.05) is 32.7 Å². The first kappa shape index (κ1) is 9.06. The van der Waals surface area contributed by atoms with Gasteiger partial charge in [-0.2, -0.15) is 12.8 Å². The normalized spacial score (nSPS) is 22.1. The smallest absolute Gasteiger partial charge is 0 e. The molecule has 0 aromatic heterocycles. The Morgan fingerprint density at radius 1 is 1.25 bits per heavy atom. The van der Waals surface area contributed by atoms with Crippen LogP contribution < -0.4 is 0 Å². The molecule has 1 fully saturated rings. The fraction of sp³-hybridized carbons (Fsp3) is 0.833. The van der Waals surface area contributed by atoms with Crippen molar-refractivity contribution in [2.45, 2.75) is 12.8 Å². The van der Waals surface area contributed by atoms with Crippen LogP contribution in [0.25, 0.3) is 0 Å². The van der Waals surface area contributed by atoms with Crippen LogP contribution in [0.1, 0.15) is 12.8 Å². The fourth-order valence-electron chi connectivity index (χ4n) is 0.879. The summed E-state index contributed by atoms with van der Waals surface area (Å²) in [6.45, 7) is 2.53. The van der Waals surface area contributed by atoms with Crippen LogP contribution in [0.5, 0.6) is 0 Å². The molecule has 0 spiro atoms. The summed E-state index contributed by atoms with van der Waals surface area (Å²) in [6.07, 6.45) is 4.94. The van der Waals surface area contributed by atoms with E-state index in [0.717, 1.165) is 0 Å². The second-order valence-electron chi connectivity index (χ2n) is 2.17. The second kappa shape index (κ2) is 4.90. The van der Waals surface area contributed by atoms with Gasteiger partial charge in [0.2, 0.25) is 0 Å². The quantitative estimate of drug-likeness (QED) is 0.509. The van der Waals surface area contributed by atoms with Crippen molar-refractivity contribution in [3.05, 3.63) is 6.42 Å². The van der Waals surface area contributed by atoms with E-state index in [0.29, 0.717) is 0 Å². The number of hydrogen-bond donors (Lipinski definition) is 0. The summed E-state index contributed by atoms with van der Waals surface area (Å²) in [4.78, 5) is 2.36. The third-order valence-electron chi connectivity index (χ3n) is 1.43. The zero-order valence-corrected chi connectivity index (χ0v) is 8.27. The molecule has 1 nitrogen and oxygen atoms in total. The largest absolute Gasteiger partial charge is 0.326 e. The molecule has 1 aliphatic heterocycles. The summed E-state index contributed by atoms with van der Waals surface area (Å²) in [5, 5.41) is 0. The Morgan fingerprint density at radius 3 is 2.00 bits per heavy atom. The molecule has 0 N–H and O–H groups in total. The molecule has 1 aliphatic rings. The van der Waals surface area contributed by atoms with Crippen LogP contribution in [-0.2, 0) is 32.7 Å². The molecule has 8 heavy (non-hydrogen) atoms. The predicted molar refractivity (Wildman–Crippen MR) is 31.0 cm³/mol. The minimum Gasteiger partial charge on any atom is -0.326 e. The number of likely N-dealkylation sites (tertiary alicyclic amines) is 1. The predicted octanol–water partition coefficient (Wildman–Crippen LogP) is 0.914. The van der Waals surface area contributed by atoms with Crippen molar-refractivity contribution in [2.24, 2.45) is 0 Å². The van der Waals surface area contributed by atoms with Gasteiger partial charge < -0.3 is 11.3 Å².